The summed E-state index contributed by atoms with van der Waals surface area (Å²) in [7, 11) is 5.09. The van der Waals surface area contributed by atoms with E-state index in [1.807, 2.05) is 42.1 Å². The number of allylic oxidation sites excluding steroid dienone is 4. The Labute approximate surface area is 354 Å². The van der Waals surface area contributed by atoms with Gasteiger partial charge in [-0.15, -0.1) is 0 Å². The van der Waals surface area contributed by atoms with Crippen molar-refractivity contribution in [2.75, 3.05) is 51.5 Å². The Balaban J connectivity index is 0.000000405. The van der Waals surface area contributed by atoms with Crippen LogP contribution in [0.25, 0.3) is 22.1 Å². The average molecular weight is 843 g/mol. The fourth-order valence-corrected chi connectivity index (χ4v) is 6.06. The first-order chi connectivity index (χ1) is 29.3. The lowest BCUT2D eigenvalue weighted by Gasteiger charge is -2.12. The van der Waals surface area contributed by atoms with Gasteiger partial charge in [0.15, 0.2) is 12.6 Å². The van der Waals surface area contributed by atoms with Crippen LogP contribution in [0.1, 0.15) is 70.5 Å². The van der Waals surface area contributed by atoms with Crippen molar-refractivity contribution in [2.45, 2.75) is 60.2 Å². The molecule has 0 aliphatic rings. The van der Waals surface area contributed by atoms with Gasteiger partial charge in [0.2, 0.25) is 23.7 Å². The number of ether oxygens (including phenoxy) is 2. The predicted octanol–water partition coefficient (Wildman–Crippen LogP) is 3.09. The van der Waals surface area contributed by atoms with Gasteiger partial charge in [-0.1, -0.05) is 12.2 Å². The molecule has 0 fully saturated rings. The zero-order chi connectivity index (χ0) is 45.1. The molecule has 61 heavy (non-hydrogen) atoms. The summed E-state index contributed by atoms with van der Waals surface area (Å²) in [5, 5.41) is 10.3. The normalized spacial score (nSPS) is 11.5. The van der Waals surface area contributed by atoms with Crippen LogP contribution in [0.2, 0.25) is 0 Å². The van der Waals surface area contributed by atoms with E-state index in [1.54, 1.807) is 62.1 Å². The molecule has 5 aromatic rings. The molecule has 20 nitrogen and oxygen atoms in total. The number of benzene rings is 2. The molecule has 0 saturated heterocycles. The number of fused-ring (bicyclic) bond motifs is 2. The van der Waals surface area contributed by atoms with Gasteiger partial charge < -0.3 is 46.4 Å². The molecule has 20 heteroatoms. The average Bonchev–Trinajstić information content (AvgIpc) is 3.93. The summed E-state index contributed by atoms with van der Waals surface area (Å²) in [5.41, 5.74) is 24.8. The van der Waals surface area contributed by atoms with Gasteiger partial charge in [0.25, 0.3) is 0 Å². The van der Waals surface area contributed by atoms with E-state index in [-0.39, 0.29) is 0 Å². The number of hydrogen-bond donors (Lipinski definition) is 7. The zero-order valence-electron chi connectivity index (χ0n) is 35.8. The summed E-state index contributed by atoms with van der Waals surface area (Å²) in [6.07, 6.45) is 8.67. The minimum absolute atomic E-state index is 0.317. The van der Waals surface area contributed by atoms with Crippen molar-refractivity contribution in [3.05, 3.63) is 76.8 Å². The van der Waals surface area contributed by atoms with E-state index >= 15 is 0 Å². The van der Waals surface area contributed by atoms with Gasteiger partial charge in [0.1, 0.15) is 28.2 Å². The quantitative estimate of drug-likeness (QED) is 0.0148. The molecule has 2 amide bonds. The summed E-state index contributed by atoms with van der Waals surface area (Å²) in [6, 6.07) is 8.34. The molecular formula is C41H58N14O6. The van der Waals surface area contributed by atoms with E-state index in [9.17, 15) is 19.2 Å². The summed E-state index contributed by atoms with van der Waals surface area (Å²) >= 11 is 0. The fourth-order valence-electron chi connectivity index (χ4n) is 6.06. The number of primary amides is 2. The Morgan fingerprint density at radius 2 is 1.41 bits per heavy atom. The van der Waals surface area contributed by atoms with Crippen LogP contribution in [0.5, 0.6) is 11.5 Å². The molecule has 0 bridgehead atoms. The summed E-state index contributed by atoms with van der Waals surface area (Å²) in [5.74, 6) is 6.46. The number of aryl methyl sites for hydroxylation is 2. The molecule has 0 saturated carbocycles. The molecule has 0 unspecified atom stereocenters. The third kappa shape index (κ3) is 13.2. The minimum atomic E-state index is -0.559. The van der Waals surface area contributed by atoms with Crippen LogP contribution in [-0.2, 0) is 24.4 Å². The van der Waals surface area contributed by atoms with Gasteiger partial charge in [-0.25, -0.2) is 9.97 Å². The fraction of sp³-hybridized carbons (Fsp3) is 0.366. The summed E-state index contributed by atoms with van der Waals surface area (Å²) in [6.45, 7) is 10.8. The maximum atomic E-state index is 12.0. The number of anilines is 2. The lowest BCUT2D eigenvalue weighted by atomic mass is 10.1. The first-order valence-corrected chi connectivity index (χ1v) is 19.5. The highest BCUT2D eigenvalue weighted by Crippen LogP contribution is 2.32. The number of methoxy groups -OCH3 is 1. The van der Waals surface area contributed by atoms with Crippen LogP contribution in [-0.4, -0.2) is 99.9 Å². The molecule has 3 aromatic heterocycles. The van der Waals surface area contributed by atoms with Crippen molar-refractivity contribution in [3.8, 4) is 11.5 Å². The van der Waals surface area contributed by atoms with Crippen LogP contribution >= 0.6 is 0 Å². The van der Waals surface area contributed by atoms with Gasteiger partial charge in [-0.2, -0.15) is 5.10 Å². The van der Waals surface area contributed by atoms with E-state index in [0.717, 1.165) is 42.4 Å². The first kappa shape index (κ1) is 48.3. The Hall–Kier alpha value is -7.06. The third-order valence-electron chi connectivity index (χ3n) is 8.76. The maximum Gasteiger partial charge on any atom is 0.248 e. The first-order valence-electron chi connectivity index (χ1n) is 19.5. The number of carbonyl (C=O) groups excluding carboxylic acids is 4. The Morgan fingerprint density at radius 1 is 0.852 bits per heavy atom. The topological polar surface area (TPSA) is 293 Å². The lowest BCUT2D eigenvalue weighted by molar-refractivity contribution is -0.102. The largest absolute Gasteiger partial charge is 0.494 e. The number of unbranched alkanes of at least 4 members (excludes halogenated alkanes) is 1. The second-order valence-corrected chi connectivity index (χ2v) is 13.2. The number of imidazole rings is 2. The van der Waals surface area contributed by atoms with Gasteiger partial charge >= 0.3 is 0 Å². The second kappa shape index (κ2) is 24.1. The van der Waals surface area contributed by atoms with Crippen LogP contribution in [0.3, 0.4) is 0 Å². The number of amides is 2. The molecule has 5 rings (SSSR count). The molecular weight excluding hydrogens is 785 g/mol. The van der Waals surface area contributed by atoms with E-state index in [4.69, 9.17) is 32.5 Å². The van der Waals surface area contributed by atoms with E-state index in [2.05, 4.69) is 36.1 Å². The number of nitrogens with two attached hydrogens (primary N) is 4. The number of aldehydes is 2. The summed E-state index contributed by atoms with van der Waals surface area (Å²) < 4.78 is 17.3. The van der Waals surface area contributed by atoms with Crippen molar-refractivity contribution in [3.63, 3.8) is 0 Å². The van der Waals surface area contributed by atoms with Crippen molar-refractivity contribution in [1.82, 2.24) is 34.3 Å². The number of hydrazine groups is 1. The van der Waals surface area contributed by atoms with Gasteiger partial charge in [0.05, 0.1) is 36.2 Å². The molecule has 0 radical (unpaired) electrons. The highest BCUT2D eigenvalue weighted by Gasteiger charge is 2.19. The standard InChI is InChI=1S/C27H36N10O4.C7H10N2O.C7H12N2O/c1-31-26-34-18-12-16(24(28)38)14-20(40-3)22(18)36(26)9-5-6-10-37-23-19(35-27(37)32-2)13-17(25(29)39)15-21(23)41-11-7-4-8-33-30;1-3-9-7(5-10)4-6(2)8-9;1-3-9-7(5-10)4-6(2)8/h5-6,12-15,33H,4,7-11,30H2,1-3H3,(H2,28,38)(H2,29,39)(H,31,34)(H,32,35);4-5H,3H2,1-2H3;4-5H,3,8H2,1-2H3/b6-5+;;6-4-,9-7?. The molecule has 0 atom stereocenters. The third-order valence-corrected chi connectivity index (χ3v) is 8.76. The van der Waals surface area contributed by atoms with Gasteiger partial charge in [-0.3, -0.25) is 40.1 Å². The zero-order valence-corrected chi connectivity index (χ0v) is 35.8. The number of aliphatic imine (C=N–C) groups is 1. The molecule has 0 spiro atoms. The second-order valence-electron chi connectivity index (χ2n) is 13.2. The SMILES string of the molecule is CCN=C(C=O)/C=C(/C)N.CCn1nc(C)cc1C=O.CNc1nc2cc(C(N)=O)cc(OC)c2n1C/C=C/Cn1c(NC)nc2cc(C(N)=O)cc(OCCCCNN)c21. The predicted molar refractivity (Wildman–Crippen MR) is 238 cm³/mol. The van der Waals surface area contributed by atoms with Gasteiger partial charge in [0, 0.05) is 63.6 Å². The molecule has 3 heterocycles. The van der Waals surface area contributed by atoms with E-state index in [1.165, 1.54) is 7.11 Å². The molecule has 0 aliphatic carbocycles. The Morgan fingerprint density at radius 3 is 1.84 bits per heavy atom. The van der Waals surface area contributed by atoms with Crippen LogP contribution < -0.4 is 48.6 Å². The van der Waals surface area contributed by atoms with Crippen LogP contribution in [0.4, 0.5) is 11.9 Å². The highest BCUT2D eigenvalue weighted by atomic mass is 16.5. The number of carbonyl (C=O) groups is 4. The smallest absolute Gasteiger partial charge is 0.248 e. The van der Waals surface area contributed by atoms with Gasteiger partial charge in [-0.05, 0) is 76.9 Å². The number of hydrogen-bond acceptors (Lipinski definition) is 15. The lowest BCUT2D eigenvalue weighted by Crippen LogP contribution is -2.23. The number of nitrogens with zero attached hydrogens (tertiary/aromatic N) is 7. The Kier molecular flexibility index (Phi) is 19.1. The van der Waals surface area contributed by atoms with E-state index < -0.39 is 11.8 Å². The van der Waals surface area contributed by atoms with Crippen molar-refractivity contribution < 1.29 is 28.7 Å². The van der Waals surface area contributed by atoms with Crippen LogP contribution in [0, 0.1) is 6.92 Å². The highest BCUT2D eigenvalue weighted by molar-refractivity contribution is 6.33. The van der Waals surface area contributed by atoms with Crippen LogP contribution in [0.15, 0.2) is 59.2 Å². The van der Waals surface area contributed by atoms with E-state index in [0.29, 0.717) is 102 Å². The number of aromatic nitrogens is 6. The van der Waals surface area contributed by atoms with Crippen molar-refractivity contribution in [1.29, 1.82) is 0 Å². The molecule has 328 valence electrons. The number of nitrogens with one attached hydrogen (secondary N) is 3. The maximum absolute atomic E-state index is 12.0. The minimum Gasteiger partial charge on any atom is -0.494 e. The molecule has 11 N–H and O–H groups in total. The Bertz CT molecular complexity index is 2370. The summed E-state index contributed by atoms with van der Waals surface area (Å²) in [4.78, 5) is 57.4. The van der Waals surface area contributed by atoms with Crippen molar-refractivity contribution in [2.24, 2.45) is 28.0 Å². The number of rotatable bonds is 20. The monoisotopic (exact) mass is 842 g/mol. The molecule has 0 aliphatic heterocycles. The molecule has 2 aromatic carbocycles. The van der Waals surface area contributed by atoms with Crippen molar-refractivity contribution >= 4 is 64.1 Å².